The second-order valence-corrected chi connectivity index (χ2v) is 7.00. The Morgan fingerprint density at radius 3 is 1.14 bits per heavy atom. The highest BCUT2D eigenvalue weighted by molar-refractivity contribution is 6.08. The van der Waals surface area contributed by atoms with Crippen LogP contribution in [0.25, 0.3) is 0 Å². The first-order chi connectivity index (χ1) is 13.3. The summed E-state index contributed by atoms with van der Waals surface area (Å²) in [6, 6.07) is 12.6. The summed E-state index contributed by atoms with van der Waals surface area (Å²) >= 11 is 0. The van der Waals surface area contributed by atoms with Crippen molar-refractivity contribution in [1.82, 2.24) is 9.80 Å². The molecule has 2 unspecified atom stereocenters. The predicted octanol–water partition coefficient (Wildman–Crippen LogP) is 2.63. The van der Waals surface area contributed by atoms with Gasteiger partial charge >= 0.3 is 0 Å². The van der Waals surface area contributed by atoms with Gasteiger partial charge in [-0.05, 0) is 76.7 Å². The van der Waals surface area contributed by atoms with Gasteiger partial charge in [-0.2, -0.15) is 0 Å². The van der Waals surface area contributed by atoms with E-state index in [4.69, 9.17) is 9.47 Å². The van der Waals surface area contributed by atoms with Crippen LogP contribution in [-0.2, 0) is 0 Å². The molecule has 0 spiro atoms. The minimum Gasteiger partial charge on any atom is -0.497 e. The monoisotopic (exact) mass is 384 g/mol. The van der Waals surface area contributed by atoms with E-state index in [1.165, 1.54) is 0 Å². The third kappa shape index (κ3) is 4.77. The molecule has 6 nitrogen and oxygen atoms in total. The number of hydrogen-bond acceptors (Lipinski definition) is 6. The van der Waals surface area contributed by atoms with Crippen molar-refractivity contribution in [3.63, 3.8) is 0 Å². The molecule has 6 heteroatoms. The molecule has 0 bridgehead atoms. The average molecular weight is 384 g/mol. The summed E-state index contributed by atoms with van der Waals surface area (Å²) in [6.45, 7) is 0. The van der Waals surface area contributed by atoms with Gasteiger partial charge in [0.05, 0.1) is 26.3 Å². The van der Waals surface area contributed by atoms with Crippen LogP contribution in [0.1, 0.15) is 20.7 Å². The van der Waals surface area contributed by atoms with Crippen LogP contribution in [-0.4, -0.2) is 75.9 Å². The molecule has 0 aliphatic rings. The number of nitrogens with zero attached hydrogens (tertiary/aromatic N) is 2. The summed E-state index contributed by atoms with van der Waals surface area (Å²) in [4.78, 5) is 30.2. The number of Topliss-reactive ketones (excluding diaryl/α,β-unsaturated/α-hetero) is 2. The van der Waals surface area contributed by atoms with Crippen molar-refractivity contribution < 1.29 is 19.1 Å². The lowest BCUT2D eigenvalue weighted by Gasteiger charge is -2.34. The molecule has 0 aliphatic heterocycles. The zero-order valence-corrected chi connectivity index (χ0v) is 17.3. The van der Waals surface area contributed by atoms with E-state index >= 15 is 0 Å². The fourth-order valence-electron chi connectivity index (χ4n) is 3.17. The van der Waals surface area contributed by atoms with Crippen LogP contribution in [0.15, 0.2) is 48.5 Å². The minimum atomic E-state index is -0.641. The molecule has 0 aliphatic carbocycles. The zero-order valence-electron chi connectivity index (χ0n) is 17.3. The number of ketones is 2. The first-order valence-electron chi connectivity index (χ1n) is 8.99. The fraction of sp³-hybridized carbons (Fsp3) is 0.364. The molecule has 0 N–H and O–H groups in total. The van der Waals surface area contributed by atoms with E-state index in [2.05, 4.69) is 0 Å². The number of likely N-dealkylation sites (N-methyl/N-ethyl adjacent to an activating group) is 2. The largest absolute Gasteiger partial charge is 0.497 e. The van der Waals surface area contributed by atoms with Crippen molar-refractivity contribution in [3.8, 4) is 11.5 Å². The standard InChI is InChI=1S/C22H28N2O4/c1-23(2)19(21(25)15-7-11-17(27-5)12-8-15)20(24(3)4)22(26)16-9-13-18(28-6)14-10-16/h7-14,19-20H,1-6H3. The summed E-state index contributed by atoms with van der Waals surface area (Å²) in [5.74, 6) is 1.12. The molecule has 2 atom stereocenters. The summed E-state index contributed by atoms with van der Waals surface area (Å²) in [7, 11) is 10.4. The first-order valence-corrected chi connectivity index (χ1v) is 8.99. The van der Waals surface area contributed by atoms with Crippen LogP contribution >= 0.6 is 0 Å². The molecule has 0 fully saturated rings. The molecule has 0 heterocycles. The van der Waals surface area contributed by atoms with Crippen LogP contribution in [0, 0.1) is 0 Å². The Morgan fingerprint density at radius 1 is 0.643 bits per heavy atom. The molecule has 0 amide bonds. The van der Waals surface area contributed by atoms with Gasteiger partial charge in [-0.3, -0.25) is 19.4 Å². The van der Waals surface area contributed by atoms with Gasteiger partial charge in [-0.25, -0.2) is 0 Å². The topological polar surface area (TPSA) is 59.1 Å². The molecule has 0 saturated carbocycles. The molecular formula is C22H28N2O4. The maximum absolute atomic E-state index is 13.3. The highest BCUT2D eigenvalue weighted by Crippen LogP contribution is 2.21. The second kappa shape index (κ2) is 9.48. The molecular weight excluding hydrogens is 356 g/mol. The van der Waals surface area contributed by atoms with Crippen molar-refractivity contribution in [3.05, 3.63) is 59.7 Å². The van der Waals surface area contributed by atoms with E-state index in [1.54, 1.807) is 72.6 Å². The van der Waals surface area contributed by atoms with Gasteiger partial charge < -0.3 is 9.47 Å². The van der Waals surface area contributed by atoms with Gasteiger partial charge in [0.1, 0.15) is 11.5 Å². The first kappa shape index (κ1) is 21.6. The maximum atomic E-state index is 13.3. The Kier molecular flexibility index (Phi) is 7.31. The molecule has 150 valence electrons. The van der Waals surface area contributed by atoms with E-state index in [-0.39, 0.29) is 11.6 Å². The Morgan fingerprint density at radius 2 is 0.929 bits per heavy atom. The lowest BCUT2D eigenvalue weighted by Crippen LogP contribution is -2.55. The van der Waals surface area contributed by atoms with Gasteiger partial charge in [0, 0.05) is 11.1 Å². The molecule has 0 radical (unpaired) electrons. The fourth-order valence-corrected chi connectivity index (χ4v) is 3.17. The van der Waals surface area contributed by atoms with Crippen molar-refractivity contribution in [1.29, 1.82) is 0 Å². The summed E-state index contributed by atoms with van der Waals surface area (Å²) in [6.07, 6.45) is 0. The van der Waals surface area contributed by atoms with Gasteiger partial charge in [0.2, 0.25) is 0 Å². The highest BCUT2D eigenvalue weighted by Gasteiger charge is 2.37. The molecule has 28 heavy (non-hydrogen) atoms. The van der Waals surface area contributed by atoms with Crippen molar-refractivity contribution in [2.24, 2.45) is 0 Å². The minimum absolute atomic E-state index is 0.117. The van der Waals surface area contributed by atoms with E-state index in [9.17, 15) is 9.59 Å². The summed E-state index contributed by atoms with van der Waals surface area (Å²) < 4.78 is 10.3. The van der Waals surface area contributed by atoms with Crippen molar-refractivity contribution in [2.45, 2.75) is 12.1 Å². The van der Waals surface area contributed by atoms with Gasteiger partial charge in [-0.1, -0.05) is 0 Å². The quantitative estimate of drug-likeness (QED) is 0.620. The lowest BCUT2D eigenvalue weighted by molar-refractivity contribution is 0.0639. The Labute approximate surface area is 166 Å². The van der Waals surface area contributed by atoms with E-state index in [0.29, 0.717) is 22.6 Å². The summed E-state index contributed by atoms with van der Waals surface area (Å²) in [5, 5.41) is 0. The van der Waals surface area contributed by atoms with Gasteiger partial charge in [0.15, 0.2) is 11.6 Å². The number of ether oxygens (including phenoxy) is 2. The molecule has 0 aromatic heterocycles. The molecule has 0 saturated heterocycles. The Bertz CT molecular complexity index is 729. The number of carbonyl (C=O) groups excluding carboxylic acids is 2. The predicted molar refractivity (Wildman–Crippen MR) is 110 cm³/mol. The number of rotatable bonds is 9. The van der Waals surface area contributed by atoms with Crippen LogP contribution in [0.5, 0.6) is 11.5 Å². The number of carbonyl (C=O) groups is 2. The number of methoxy groups -OCH3 is 2. The van der Waals surface area contributed by atoms with Crippen LogP contribution < -0.4 is 9.47 Å². The third-order valence-corrected chi connectivity index (χ3v) is 4.70. The second-order valence-electron chi connectivity index (χ2n) is 7.00. The van der Waals surface area contributed by atoms with Crippen LogP contribution in [0.3, 0.4) is 0 Å². The summed E-state index contributed by atoms with van der Waals surface area (Å²) in [5.41, 5.74) is 1.07. The van der Waals surface area contributed by atoms with E-state index in [0.717, 1.165) is 0 Å². The van der Waals surface area contributed by atoms with Crippen molar-refractivity contribution in [2.75, 3.05) is 42.4 Å². The average Bonchev–Trinajstić information content (AvgIpc) is 2.70. The molecule has 2 rings (SSSR count). The highest BCUT2D eigenvalue weighted by atomic mass is 16.5. The normalized spacial score (nSPS) is 13.3. The molecule has 2 aromatic rings. The third-order valence-electron chi connectivity index (χ3n) is 4.70. The van der Waals surface area contributed by atoms with Crippen LogP contribution in [0.2, 0.25) is 0 Å². The zero-order chi connectivity index (χ0) is 20.8. The number of hydrogen-bond donors (Lipinski definition) is 0. The van der Waals surface area contributed by atoms with Gasteiger partial charge in [-0.15, -0.1) is 0 Å². The number of benzene rings is 2. The Balaban J connectivity index is 2.39. The van der Waals surface area contributed by atoms with Crippen LogP contribution in [0.4, 0.5) is 0 Å². The SMILES string of the molecule is COc1ccc(C(=O)C(C(C(=O)c2ccc(OC)cc2)N(C)C)N(C)C)cc1. The van der Waals surface area contributed by atoms with E-state index in [1.807, 2.05) is 28.2 Å². The van der Waals surface area contributed by atoms with E-state index < -0.39 is 12.1 Å². The Hall–Kier alpha value is -2.70. The smallest absolute Gasteiger partial charge is 0.182 e. The maximum Gasteiger partial charge on any atom is 0.182 e. The van der Waals surface area contributed by atoms with Crippen molar-refractivity contribution >= 4 is 11.6 Å². The van der Waals surface area contributed by atoms with Gasteiger partial charge in [0.25, 0.3) is 0 Å². The lowest BCUT2D eigenvalue weighted by atomic mass is 9.90. The molecule has 2 aromatic carbocycles.